The van der Waals surface area contributed by atoms with Crippen molar-refractivity contribution in [1.29, 1.82) is 0 Å². The summed E-state index contributed by atoms with van der Waals surface area (Å²) in [5.41, 5.74) is 5.77. The Balaban J connectivity index is 1.87. The topological polar surface area (TPSA) is 72.2 Å². The average molecular weight is 288 g/mol. The molecule has 2 fully saturated rings. The van der Waals surface area contributed by atoms with E-state index in [1.54, 1.807) is 0 Å². The van der Waals surface area contributed by atoms with Gasteiger partial charge >= 0.3 is 0 Å². The molecule has 2 saturated carbocycles. The molecular formula is C14H28N2O2S. The average Bonchev–Trinajstić information content (AvgIpc) is 2.90. The second-order valence-electron chi connectivity index (χ2n) is 6.29. The molecule has 0 amide bonds. The minimum atomic E-state index is -3.16. The van der Waals surface area contributed by atoms with Crippen molar-refractivity contribution in [2.45, 2.75) is 63.8 Å². The van der Waals surface area contributed by atoms with Gasteiger partial charge in [-0.3, -0.25) is 0 Å². The fraction of sp³-hybridized carbons (Fsp3) is 1.00. The smallest absolute Gasteiger partial charge is 0.212 e. The molecule has 0 heterocycles. The molecule has 0 saturated heterocycles. The molecule has 0 bridgehead atoms. The van der Waals surface area contributed by atoms with E-state index in [-0.39, 0.29) is 6.04 Å². The van der Waals surface area contributed by atoms with Crippen LogP contribution in [0.3, 0.4) is 0 Å². The zero-order chi connectivity index (χ0) is 13.7. The van der Waals surface area contributed by atoms with Gasteiger partial charge in [0, 0.05) is 12.6 Å². The van der Waals surface area contributed by atoms with Crippen molar-refractivity contribution in [2.75, 3.05) is 12.3 Å². The maximum absolute atomic E-state index is 12.3. The molecule has 1 atom stereocenters. The number of rotatable bonds is 6. The highest BCUT2D eigenvalue weighted by Gasteiger charge is 2.29. The van der Waals surface area contributed by atoms with Gasteiger partial charge in [-0.05, 0) is 37.5 Å². The molecule has 0 aliphatic heterocycles. The summed E-state index contributed by atoms with van der Waals surface area (Å²) in [6.07, 6.45) is 10.4. The monoisotopic (exact) mass is 288 g/mol. The van der Waals surface area contributed by atoms with Crippen molar-refractivity contribution in [3.05, 3.63) is 0 Å². The van der Waals surface area contributed by atoms with Crippen LogP contribution in [0.5, 0.6) is 0 Å². The summed E-state index contributed by atoms with van der Waals surface area (Å²) in [7, 11) is -3.16. The molecular weight excluding hydrogens is 260 g/mol. The van der Waals surface area contributed by atoms with Crippen molar-refractivity contribution in [3.8, 4) is 0 Å². The molecule has 4 nitrogen and oxygen atoms in total. The van der Waals surface area contributed by atoms with Gasteiger partial charge < -0.3 is 5.73 Å². The van der Waals surface area contributed by atoms with E-state index in [1.807, 2.05) is 0 Å². The van der Waals surface area contributed by atoms with Crippen LogP contribution in [0.1, 0.15) is 57.8 Å². The Morgan fingerprint density at radius 3 is 2.16 bits per heavy atom. The third-order valence-corrected chi connectivity index (χ3v) is 6.31. The van der Waals surface area contributed by atoms with Crippen LogP contribution in [-0.2, 0) is 10.0 Å². The summed E-state index contributed by atoms with van der Waals surface area (Å²) in [4.78, 5) is 0. The summed E-state index contributed by atoms with van der Waals surface area (Å²) < 4.78 is 27.4. The number of sulfonamides is 1. The van der Waals surface area contributed by atoms with Crippen LogP contribution < -0.4 is 10.5 Å². The van der Waals surface area contributed by atoms with Gasteiger partial charge in [-0.15, -0.1) is 0 Å². The predicted molar refractivity (Wildman–Crippen MR) is 78.3 cm³/mol. The normalized spacial score (nSPS) is 24.7. The Hall–Kier alpha value is -0.130. The first-order valence-electron chi connectivity index (χ1n) is 7.81. The molecule has 5 heteroatoms. The Bertz CT molecular complexity index is 358. The summed E-state index contributed by atoms with van der Waals surface area (Å²) in [6.45, 7) is 0.425. The molecule has 0 aromatic heterocycles. The van der Waals surface area contributed by atoms with Gasteiger partial charge in [-0.25, -0.2) is 13.1 Å². The van der Waals surface area contributed by atoms with Gasteiger partial charge in [0.2, 0.25) is 10.0 Å². The van der Waals surface area contributed by atoms with Crippen molar-refractivity contribution in [2.24, 2.45) is 17.6 Å². The minimum absolute atomic E-state index is 0.0453. The molecule has 0 radical (unpaired) electrons. The molecule has 3 N–H and O–H groups in total. The van der Waals surface area contributed by atoms with E-state index in [1.165, 1.54) is 32.1 Å². The number of hydrogen-bond donors (Lipinski definition) is 2. The van der Waals surface area contributed by atoms with Crippen LogP contribution >= 0.6 is 0 Å². The van der Waals surface area contributed by atoms with E-state index < -0.39 is 10.0 Å². The lowest BCUT2D eigenvalue weighted by Gasteiger charge is -2.26. The molecule has 0 aromatic carbocycles. The van der Waals surface area contributed by atoms with Crippen LogP contribution in [-0.4, -0.2) is 26.8 Å². The third-order valence-electron chi connectivity index (χ3n) is 4.73. The highest BCUT2D eigenvalue weighted by molar-refractivity contribution is 7.89. The second-order valence-corrected chi connectivity index (χ2v) is 8.09. The zero-order valence-electron chi connectivity index (χ0n) is 11.8. The number of nitrogens with one attached hydrogen (secondary N) is 1. The Labute approximate surface area is 117 Å². The lowest BCUT2D eigenvalue weighted by Crippen LogP contribution is -2.46. The van der Waals surface area contributed by atoms with Crippen LogP contribution in [0.4, 0.5) is 0 Å². The largest absolute Gasteiger partial charge is 0.329 e. The summed E-state index contributed by atoms with van der Waals surface area (Å²) in [5, 5.41) is 0. The molecule has 2 rings (SSSR count). The zero-order valence-corrected chi connectivity index (χ0v) is 12.6. The third kappa shape index (κ3) is 4.72. The van der Waals surface area contributed by atoms with E-state index in [0.29, 0.717) is 24.1 Å². The van der Waals surface area contributed by atoms with Gasteiger partial charge in [-0.1, -0.05) is 32.1 Å². The standard InChI is InChI=1S/C14H28N2O2S/c15-10-14(13-8-4-5-9-13)16-19(17,18)11-12-6-2-1-3-7-12/h12-14,16H,1-11,15H2. The van der Waals surface area contributed by atoms with Gasteiger partial charge in [0.1, 0.15) is 0 Å². The highest BCUT2D eigenvalue weighted by Crippen LogP contribution is 2.28. The maximum atomic E-state index is 12.3. The van der Waals surface area contributed by atoms with Crippen molar-refractivity contribution < 1.29 is 8.42 Å². The minimum Gasteiger partial charge on any atom is -0.329 e. The van der Waals surface area contributed by atoms with Crippen LogP contribution in [0.25, 0.3) is 0 Å². The van der Waals surface area contributed by atoms with Crippen LogP contribution in [0, 0.1) is 11.8 Å². The van der Waals surface area contributed by atoms with E-state index >= 15 is 0 Å². The maximum Gasteiger partial charge on any atom is 0.212 e. The van der Waals surface area contributed by atoms with Gasteiger partial charge in [-0.2, -0.15) is 0 Å². The molecule has 2 aliphatic carbocycles. The summed E-state index contributed by atoms with van der Waals surface area (Å²) in [6, 6.07) is -0.0453. The van der Waals surface area contributed by atoms with Crippen molar-refractivity contribution >= 4 is 10.0 Å². The quantitative estimate of drug-likeness (QED) is 0.785. The van der Waals surface area contributed by atoms with E-state index in [4.69, 9.17) is 5.73 Å². The number of hydrogen-bond acceptors (Lipinski definition) is 3. The van der Waals surface area contributed by atoms with E-state index in [2.05, 4.69) is 4.72 Å². The van der Waals surface area contributed by atoms with Crippen molar-refractivity contribution in [1.82, 2.24) is 4.72 Å². The van der Waals surface area contributed by atoms with Crippen molar-refractivity contribution in [3.63, 3.8) is 0 Å². The summed E-state index contributed by atoms with van der Waals surface area (Å²) in [5.74, 6) is 1.11. The first-order chi connectivity index (χ1) is 9.11. The fourth-order valence-corrected chi connectivity index (χ4v) is 5.44. The fourth-order valence-electron chi connectivity index (χ4n) is 3.64. The Kier molecular flexibility index (Phi) is 5.66. The second kappa shape index (κ2) is 7.04. The lowest BCUT2D eigenvalue weighted by atomic mass is 9.91. The molecule has 19 heavy (non-hydrogen) atoms. The molecule has 0 aromatic rings. The predicted octanol–water partition coefficient (Wildman–Crippen LogP) is 2.00. The van der Waals surface area contributed by atoms with Gasteiger partial charge in [0.05, 0.1) is 5.75 Å². The number of nitrogens with two attached hydrogens (primary N) is 1. The first-order valence-corrected chi connectivity index (χ1v) is 9.46. The summed E-state index contributed by atoms with van der Waals surface area (Å²) >= 11 is 0. The van der Waals surface area contributed by atoms with Gasteiger partial charge in [0.25, 0.3) is 0 Å². The lowest BCUT2D eigenvalue weighted by molar-refractivity contribution is 0.376. The van der Waals surface area contributed by atoms with Crippen LogP contribution in [0.2, 0.25) is 0 Å². The molecule has 112 valence electrons. The van der Waals surface area contributed by atoms with E-state index in [9.17, 15) is 8.42 Å². The van der Waals surface area contributed by atoms with Gasteiger partial charge in [0.15, 0.2) is 0 Å². The van der Waals surface area contributed by atoms with Crippen LogP contribution in [0.15, 0.2) is 0 Å². The SMILES string of the molecule is NCC(NS(=O)(=O)CC1CCCCC1)C1CCCC1. The first kappa shape index (κ1) is 15.3. The Morgan fingerprint density at radius 1 is 1.00 bits per heavy atom. The van der Waals surface area contributed by atoms with E-state index in [0.717, 1.165) is 25.7 Å². The molecule has 1 unspecified atom stereocenters. The molecule has 2 aliphatic rings. The highest BCUT2D eigenvalue weighted by atomic mass is 32.2. The Morgan fingerprint density at radius 2 is 1.58 bits per heavy atom. The molecule has 0 spiro atoms.